The van der Waals surface area contributed by atoms with E-state index in [4.69, 9.17) is 5.73 Å². The van der Waals surface area contributed by atoms with Crippen LogP contribution in [0.3, 0.4) is 0 Å². The van der Waals surface area contributed by atoms with E-state index in [2.05, 4.69) is 13.8 Å². The average Bonchev–Trinajstić information content (AvgIpc) is 2.39. The molecule has 0 aromatic heterocycles. The summed E-state index contributed by atoms with van der Waals surface area (Å²) in [4.78, 5) is 14.7. The van der Waals surface area contributed by atoms with E-state index in [1.807, 2.05) is 16.7 Å². The molecule has 0 aromatic rings. The van der Waals surface area contributed by atoms with E-state index in [-0.39, 0.29) is 18.3 Å². The lowest BCUT2D eigenvalue weighted by Gasteiger charge is -2.41. The Balaban J connectivity index is 0.00000180. The van der Waals surface area contributed by atoms with Gasteiger partial charge < -0.3 is 10.6 Å². The fourth-order valence-electron chi connectivity index (χ4n) is 2.97. The van der Waals surface area contributed by atoms with E-state index in [0.29, 0.717) is 11.2 Å². The highest BCUT2D eigenvalue weighted by atomic mass is 35.5. The summed E-state index contributed by atoms with van der Waals surface area (Å²) in [5.41, 5.74) is 5.80. The van der Waals surface area contributed by atoms with Crippen molar-refractivity contribution >= 4 is 30.1 Å². The zero-order valence-corrected chi connectivity index (χ0v) is 13.7. The second-order valence-corrected chi connectivity index (χ2v) is 7.47. The van der Waals surface area contributed by atoms with Gasteiger partial charge in [-0.15, -0.1) is 12.4 Å². The molecule has 0 aromatic carbocycles. The molecule has 2 rings (SSSR count). The van der Waals surface area contributed by atoms with E-state index in [0.717, 1.165) is 44.5 Å². The van der Waals surface area contributed by atoms with Gasteiger partial charge in [0.05, 0.1) is 5.54 Å². The summed E-state index contributed by atoms with van der Waals surface area (Å²) in [6.07, 6.45) is 5.21. The van der Waals surface area contributed by atoms with E-state index >= 15 is 0 Å². The van der Waals surface area contributed by atoms with Crippen LogP contribution in [0.1, 0.15) is 46.0 Å². The topological polar surface area (TPSA) is 46.3 Å². The Morgan fingerprint density at radius 1 is 1.32 bits per heavy atom. The van der Waals surface area contributed by atoms with Crippen LogP contribution in [0.2, 0.25) is 0 Å². The zero-order chi connectivity index (χ0) is 13.2. The van der Waals surface area contributed by atoms with Crippen molar-refractivity contribution < 1.29 is 4.79 Å². The van der Waals surface area contributed by atoms with Crippen LogP contribution in [0.4, 0.5) is 0 Å². The van der Waals surface area contributed by atoms with Crippen molar-refractivity contribution in [3.63, 3.8) is 0 Å². The lowest BCUT2D eigenvalue weighted by Crippen LogP contribution is -2.58. The molecule has 1 unspecified atom stereocenters. The Labute approximate surface area is 127 Å². The number of thioether (sulfide) groups is 1. The summed E-state index contributed by atoms with van der Waals surface area (Å²) in [7, 11) is 0. The highest BCUT2D eigenvalue weighted by Gasteiger charge is 2.39. The van der Waals surface area contributed by atoms with Crippen LogP contribution in [0.5, 0.6) is 0 Å². The van der Waals surface area contributed by atoms with Gasteiger partial charge in [0.15, 0.2) is 0 Å². The standard InChI is InChI=1S/C14H26N2OS.ClH/c1-11(2)12-10-16(8-9-18-12)13(17)14(15)6-4-3-5-7-14;/h11-12H,3-10,15H2,1-2H3;1H. The molecular formula is C14H27ClN2OS. The summed E-state index contributed by atoms with van der Waals surface area (Å²) in [5, 5.41) is 0.579. The van der Waals surface area contributed by atoms with Crippen molar-refractivity contribution in [2.24, 2.45) is 11.7 Å². The Morgan fingerprint density at radius 2 is 1.95 bits per heavy atom. The third-order valence-corrected chi connectivity index (χ3v) is 5.84. The predicted molar refractivity (Wildman–Crippen MR) is 84.9 cm³/mol. The van der Waals surface area contributed by atoms with Gasteiger partial charge in [-0.25, -0.2) is 0 Å². The fourth-order valence-corrected chi connectivity index (χ4v) is 4.27. The molecule has 0 radical (unpaired) electrons. The van der Waals surface area contributed by atoms with Crippen molar-refractivity contribution in [3.8, 4) is 0 Å². The van der Waals surface area contributed by atoms with E-state index in [1.165, 1.54) is 6.42 Å². The number of hydrogen-bond donors (Lipinski definition) is 1. The minimum absolute atomic E-state index is 0. The van der Waals surface area contributed by atoms with Crippen LogP contribution in [0.25, 0.3) is 0 Å². The molecule has 2 aliphatic rings. The van der Waals surface area contributed by atoms with Crippen LogP contribution in [0.15, 0.2) is 0 Å². The molecule has 0 spiro atoms. The summed E-state index contributed by atoms with van der Waals surface area (Å²) in [5.74, 6) is 1.91. The summed E-state index contributed by atoms with van der Waals surface area (Å²) < 4.78 is 0. The van der Waals surface area contributed by atoms with Crippen molar-refractivity contribution in [3.05, 3.63) is 0 Å². The van der Waals surface area contributed by atoms with Crippen LogP contribution < -0.4 is 5.73 Å². The molecule has 2 fully saturated rings. The first-order chi connectivity index (χ1) is 8.53. The Kier molecular flexibility index (Phi) is 6.48. The number of carbonyl (C=O) groups excluding carboxylic acids is 1. The van der Waals surface area contributed by atoms with Gasteiger partial charge in [-0.1, -0.05) is 33.1 Å². The number of hydrogen-bond acceptors (Lipinski definition) is 3. The maximum Gasteiger partial charge on any atom is 0.242 e. The van der Waals surface area contributed by atoms with Crippen molar-refractivity contribution in [1.82, 2.24) is 4.90 Å². The number of nitrogens with zero attached hydrogens (tertiary/aromatic N) is 1. The summed E-state index contributed by atoms with van der Waals surface area (Å²) in [6, 6.07) is 0. The molecule has 1 saturated heterocycles. The minimum atomic E-state index is -0.554. The SMILES string of the molecule is CC(C)C1CN(C(=O)C2(N)CCCCC2)CCS1.Cl. The molecular weight excluding hydrogens is 280 g/mol. The third kappa shape index (κ3) is 4.02. The van der Waals surface area contributed by atoms with E-state index in [1.54, 1.807) is 0 Å². The van der Waals surface area contributed by atoms with Gasteiger partial charge in [-0.05, 0) is 18.8 Å². The van der Waals surface area contributed by atoms with Gasteiger partial charge in [-0.2, -0.15) is 11.8 Å². The maximum atomic E-state index is 12.6. The Bertz CT molecular complexity index is 306. The first-order valence-corrected chi connectivity index (χ1v) is 8.28. The van der Waals surface area contributed by atoms with Gasteiger partial charge in [0.1, 0.15) is 0 Å². The third-order valence-electron chi connectivity index (χ3n) is 4.30. The molecule has 1 aliphatic heterocycles. The van der Waals surface area contributed by atoms with Crippen molar-refractivity contribution in [2.45, 2.75) is 56.7 Å². The first kappa shape index (κ1) is 17.1. The number of rotatable bonds is 2. The quantitative estimate of drug-likeness (QED) is 0.853. The first-order valence-electron chi connectivity index (χ1n) is 7.23. The Hall–Kier alpha value is 0.0700. The number of carbonyl (C=O) groups is 1. The largest absolute Gasteiger partial charge is 0.339 e. The molecule has 1 saturated carbocycles. The molecule has 19 heavy (non-hydrogen) atoms. The number of halogens is 1. The molecule has 3 nitrogen and oxygen atoms in total. The smallest absolute Gasteiger partial charge is 0.242 e. The van der Waals surface area contributed by atoms with E-state index in [9.17, 15) is 4.79 Å². The van der Waals surface area contributed by atoms with Gasteiger partial charge in [0.2, 0.25) is 5.91 Å². The van der Waals surface area contributed by atoms with Crippen LogP contribution in [-0.4, -0.2) is 40.4 Å². The van der Waals surface area contributed by atoms with Crippen molar-refractivity contribution in [1.29, 1.82) is 0 Å². The highest BCUT2D eigenvalue weighted by Crippen LogP contribution is 2.31. The molecule has 112 valence electrons. The molecule has 1 amide bonds. The number of nitrogens with two attached hydrogens (primary N) is 1. The molecule has 1 heterocycles. The second kappa shape index (κ2) is 7.19. The van der Waals surface area contributed by atoms with Gasteiger partial charge in [-0.3, -0.25) is 4.79 Å². The monoisotopic (exact) mass is 306 g/mol. The minimum Gasteiger partial charge on any atom is -0.339 e. The van der Waals surface area contributed by atoms with Crippen LogP contribution in [0, 0.1) is 5.92 Å². The van der Waals surface area contributed by atoms with Crippen molar-refractivity contribution in [2.75, 3.05) is 18.8 Å². The van der Waals surface area contributed by atoms with Gasteiger partial charge >= 0.3 is 0 Å². The second-order valence-electron chi connectivity index (χ2n) is 6.12. The Morgan fingerprint density at radius 3 is 2.53 bits per heavy atom. The summed E-state index contributed by atoms with van der Waals surface area (Å²) >= 11 is 2.00. The normalized spacial score (nSPS) is 26.9. The lowest BCUT2D eigenvalue weighted by molar-refractivity contribution is -0.138. The maximum absolute atomic E-state index is 12.6. The summed E-state index contributed by atoms with van der Waals surface area (Å²) in [6.45, 7) is 6.25. The molecule has 1 atom stereocenters. The van der Waals surface area contributed by atoms with Crippen LogP contribution >= 0.6 is 24.2 Å². The number of amides is 1. The van der Waals surface area contributed by atoms with E-state index < -0.39 is 5.54 Å². The lowest BCUT2D eigenvalue weighted by atomic mass is 9.81. The molecule has 2 N–H and O–H groups in total. The molecule has 5 heteroatoms. The highest BCUT2D eigenvalue weighted by molar-refractivity contribution is 8.00. The zero-order valence-electron chi connectivity index (χ0n) is 12.1. The molecule has 1 aliphatic carbocycles. The van der Waals surface area contributed by atoms with Gasteiger partial charge in [0, 0.05) is 24.1 Å². The van der Waals surface area contributed by atoms with Gasteiger partial charge in [0.25, 0.3) is 0 Å². The predicted octanol–water partition coefficient (Wildman–Crippen LogP) is 2.67. The fraction of sp³-hybridized carbons (Fsp3) is 0.929. The average molecular weight is 307 g/mol. The molecule has 0 bridgehead atoms. The van der Waals surface area contributed by atoms with Crippen LogP contribution in [-0.2, 0) is 4.79 Å².